The number of aryl methyl sites for hydroxylation is 1. The summed E-state index contributed by atoms with van der Waals surface area (Å²) in [6, 6.07) is 10.6. The molecule has 3 aromatic rings. The molecule has 3 rings (SSSR count). The molecule has 1 N–H and O–H groups in total. The van der Waals surface area contributed by atoms with Gasteiger partial charge in [0.15, 0.2) is 0 Å². The van der Waals surface area contributed by atoms with Crippen LogP contribution in [-0.4, -0.2) is 26.1 Å². The Morgan fingerprint density at radius 3 is 2.52 bits per heavy atom. The number of hydrogen-bond acceptors (Lipinski definition) is 4. The fourth-order valence-electron chi connectivity index (χ4n) is 2.21. The highest BCUT2D eigenvalue weighted by Gasteiger charge is 2.14. The standard InChI is InChI=1S/C16H12Cl3N5O/c1-9-4-2-3-5-11(9)16-21-23-24(22-16)8-14(25)20-15-12(18)6-10(17)7-13(15)19/h2-7H,8H2,1H3,(H,20,25). The number of anilines is 1. The Bertz CT molecular complexity index is 918. The van der Waals surface area contributed by atoms with Crippen LogP contribution < -0.4 is 5.32 Å². The lowest BCUT2D eigenvalue weighted by Crippen LogP contribution is -2.20. The number of aromatic nitrogens is 4. The van der Waals surface area contributed by atoms with E-state index in [4.69, 9.17) is 34.8 Å². The van der Waals surface area contributed by atoms with E-state index < -0.39 is 0 Å². The number of carbonyl (C=O) groups is 1. The number of tetrazole rings is 1. The highest BCUT2D eigenvalue weighted by atomic mass is 35.5. The van der Waals surface area contributed by atoms with E-state index in [2.05, 4.69) is 20.7 Å². The Balaban J connectivity index is 1.74. The predicted octanol–water partition coefficient (Wildman–Crippen LogP) is 4.25. The maximum Gasteiger partial charge on any atom is 0.248 e. The van der Waals surface area contributed by atoms with Crippen molar-refractivity contribution in [3.05, 3.63) is 57.0 Å². The topological polar surface area (TPSA) is 72.7 Å². The minimum Gasteiger partial charge on any atom is -0.322 e. The fraction of sp³-hybridized carbons (Fsp3) is 0.125. The fourth-order valence-corrected chi connectivity index (χ4v) is 3.12. The maximum absolute atomic E-state index is 12.2. The van der Waals surface area contributed by atoms with E-state index in [0.717, 1.165) is 11.1 Å². The second kappa shape index (κ2) is 7.39. The van der Waals surface area contributed by atoms with Crippen LogP contribution in [0, 0.1) is 6.92 Å². The first-order valence-corrected chi connectivity index (χ1v) is 8.35. The molecule has 0 aliphatic heterocycles. The van der Waals surface area contributed by atoms with Gasteiger partial charge in [0, 0.05) is 10.6 Å². The van der Waals surface area contributed by atoms with E-state index in [1.807, 2.05) is 31.2 Å². The van der Waals surface area contributed by atoms with E-state index in [1.54, 1.807) is 0 Å². The lowest BCUT2D eigenvalue weighted by atomic mass is 10.1. The first kappa shape index (κ1) is 17.7. The predicted molar refractivity (Wildman–Crippen MR) is 98.1 cm³/mol. The Kier molecular flexibility index (Phi) is 5.22. The SMILES string of the molecule is Cc1ccccc1-c1nnn(CC(=O)Nc2c(Cl)cc(Cl)cc2Cl)n1. The van der Waals surface area contributed by atoms with Crippen LogP contribution in [0.25, 0.3) is 11.4 Å². The van der Waals surface area contributed by atoms with E-state index in [0.29, 0.717) is 10.8 Å². The molecular weight excluding hydrogens is 385 g/mol. The van der Waals surface area contributed by atoms with Gasteiger partial charge in [0.25, 0.3) is 0 Å². The Hall–Kier alpha value is -2.15. The number of nitrogens with one attached hydrogen (secondary N) is 1. The maximum atomic E-state index is 12.2. The number of amides is 1. The number of rotatable bonds is 4. The smallest absolute Gasteiger partial charge is 0.248 e. The summed E-state index contributed by atoms with van der Waals surface area (Å²) < 4.78 is 0. The van der Waals surface area contributed by atoms with Crippen molar-refractivity contribution in [3.63, 3.8) is 0 Å². The number of benzene rings is 2. The molecule has 0 saturated heterocycles. The quantitative estimate of drug-likeness (QED) is 0.715. The molecule has 128 valence electrons. The van der Waals surface area contributed by atoms with E-state index in [-0.39, 0.29) is 28.2 Å². The minimum atomic E-state index is -0.389. The summed E-state index contributed by atoms with van der Waals surface area (Å²) >= 11 is 17.9. The molecule has 1 amide bonds. The van der Waals surface area contributed by atoms with Crippen LogP contribution in [-0.2, 0) is 11.3 Å². The molecule has 0 aliphatic carbocycles. The number of halogens is 3. The highest BCUT2D eigenvalue weighted by Crippen LogP contribution is 2.33. The summed E-state index contributed by atoms with van der Waals surface area (Å²) in [5.74, 6) is 0.0633. The van der Waals surface area contributed by atoms with Crippen LogP contribution in [0.15, 0.2) is 36.4 Å². The summed E-state index contributed by atoms with van der Waals surface area (Å²) in [6.07, 6.45) is 0. The van der Waals surface area contributed by atoms with Crippen LogP contribution >= 0.6 is 34.8 Å². The molecule has 0 unspecified atom stereocenters. The third-order valence-corrected chi connectivity index (χ3v) is 4.21. The Morgan fingerprint density at radius 2 is 1.84 bits per heavy atom. The second-order valence-electron chi connectivity index (χ2n) is 5.25. The summed E-state index contributed by atoms with van der Waals surface area (Å²) in [7, 11) is 0. The van der Waals surface area contributed by atoms with Crippen molar-refractivity contribution in [2.24, 2.45) is 0 Å². The normalized spacial score (nSPS) is 10.7. The van der Waals surface area contributed by atoms with Gasteiger partial charge in [-0.15, -0.1) is 10.2 Å². The first-order valence-electron chi connectivity index (χ1n) is 7.22. The molecule has 0 fully saturated rings. The van der Waals surface area contributed by atoms with Gasteiger partial charge in [-0.1, -0.05) is 59.1 Å². The molecule has 25 heavy (non-hydrogen) atoms. The third-order valence-electron chi connectivity index (χ3n) is 3.40. The molecule has 0 saturated carbocycles. The van der Waals surface area contributed by atoms with Crippen molar-refractivity contribution in [2.45, 2.75) is 13.5 Å². The van der Waals surface area contributed by atoms with E-state index >= 15 is 0 Å². The zero-order valence-electron chi connectivity index (χ0n) is 13.0. The van der Waals surface area contributed by atoms with Crippen LogP contribution in [0.2, 0.25) is 15.1 Å². The van der Waals surface area contributed by atoms with Crippen molar-refractivity contribution in [3.8, 4) is 11.4 Å². The molecule has 0 atom stereocenters. The van der Waals surface area contributed by atoms with Gasteiger partial charge in [0.2, 0.25) is 11.7 Å². The largest absolute Gasteiger partial charge is 0.322 e. The van der Waals surface area contributed by atoms with Gasteiger partial charge in [0.1, 0.15) is 6.54 Å². The summed E-state index contributed by atoms with van der Waals surface area (Å²) in [4.78, 5) is 13.4. The van der Waals surface area contributed by atoms with Crippen LogP contribution in [0.5, 0.6) is 0 Å². The molecule has 0 bridgehead atoms. The summed E-state index contributed by atoms with van der Waals surface area (Å²) in [5, 5.41) is 15.6. The van der Waals surface area contributed by atoms with Crippen molar-refractivity contribution >= 4 is 46.4 Å². The van der Waals surface area contributed by atoms with Gasteiger partial charge in [-0.2, -0.15) is 4.80 Å². The molecule has 0 spiro atoms. The lowest BCUT2D eigenvalue weighted by molar-refractivity contribution is -0.117. The molecule has 1 heterocycles. The molecular formula is C16H12Cl3N5O. The van der Waals surface area contributed by atoms with Gasteiger partial charge in [-0.25, -0.2) is 0 Å². The van der Waals surface area contributed by atoms with Crippen LogP contribution in [0.1, 0.15) is 5.56 Å². The molecule has 1 aromatic heterocycles. The molecule has 2 aromatic carbocycles. The molecule has 9 heteroatoms. The number of carbonyl (C=O) groups excluding carboxylic acids is 1. The second-order valence-corrected chi connectivity index (χ2v) is 6.50. The van der Waals surface area contributed by atoms with Gasteiger partial charge in [0.05, 0.1) is 15.7 Å². The van der Waals surface area contributed by atoms with Crippen molar-refractivity contribution in [2.75, 3.05) is 5.32 Å². The zero-order valence-corrected chi connectivity index (χ0v) is 15.3. The Morgan fingerprint density at radius 1 is 1.16 bits per heavy atom. The average Bonchev–Trinajstić information content (AvgIpc) is 2.99. The Labute approximate surface area is 158 Å². The average molecular weight is 397 g/mol. The summed E-state index contributed by atoms with van der Waals surface area (Å²) in [5.41, 5.74) is 2.17. The van der Waals surface area contributed by atoms with Crippen LogP contribution in [0.3, 0.4) is 0 Å². The van der Waals surface area contributed by atoms with Gasteiger partial charge in [-0.3, -0.25) is 4.79 Å². The lowest BCUT2D eigenvalue weighted by Gasteiger charge is -2.09. The number of nitrogens with zero attached hydrogens (tertiary/aromatic N) is 4. The molecule has 0 aliphatic rings. The minimum absolute atomic E-state index is 0.131. The van der Waals surface area contributed by atoms with E-state index in [1.165, 1.54) is 16.9 Å². The van der Waals surface area contributed by atoms with Gasteiger partial charge in [-0.05, 0) is 29.8 Å². The third kappa shape index (κ3) is 4.10. The zero-order chi connectivity index (χ0) is 18.0. The van der Waals surface area contributed by atoms with E-state index in [9.17, 15) is 4.79 Å². The van der Waals surface area contributed by atoms with Crippen molar-refractivity contribution in [1.29, 1.82) is 0 Å². The monoisotopic (exact) mass is 395 g/mol. The number of hydrogen-bond donors (Lipinski definition) is 1. The van der Waals surface area contributed by atoms with Crippen LogP contribution in [0.4, 0.5) is 5.69 Å². The summed E-state index contributed by atoms with van der Waals surface area (Å²) in [6.45, 7) is 1.82. The van der Waals surface area contributed by atoms with Crippen molar-refractivity contribution in [1.82, 2.24) is 20.2 Å². The van der Waals surface area contributed by atoms with Gasteiger partial charge >= 0.3 is 0 Å². The molecule has 0 radical (unpaired) electrons. The van der Waals surface area contributed by atoms with Gasteiger partial charge < -0.3 is 5.32 Å². The highest BCUT2D eigenvalue weighted by molar-refractivity contribution is 6.42. The van der Waals surface area contributed by atoms with Crippen molar-refractivity contribution < 1.29 is 4.79 Å². The first-order chi connectivity index (χ1) is 11.9. The molecule has 6 nitrogen and oxygen atoms in total.